The van der Waals surface area contributed by atoms with Gasteiger partial charge in [-0.3, -0.25) is 0 Å². The van der Waals surface area contributed by atoms with E-state index in [2.05, 4.69) is 4.83 Å². The van der Waals surface area contributed by atoms with E-state index in [1.54, 1.807) is 24.1 Å². The van der Waals surface area contributed by atoms with Crippen LogP contribution in [-0.4, -0.2) is 44.7 Å². The Hall–Kier alpha value is -1.06. The van der Waals surface area contributed by atoms with E-state index in [4.69, 9.17) is 22.7 Å². The standard InChI is InChI=1S/C12H17N3O3S2/c1-9-8-10(2-3-11(9)12(13)19)20(16,17)14-15-4-6-18-7-5-15/h2-3,8,14H,4-7H2,1H3,(H2,13,19). The van der Waals surface area contributed by atoms with Crippen LogP contribution in [0.3, 0.4) is 0 Å². The van der Waals surface area contributed by atoms with Gasteiger partial charge in [0.2, 0.25) is 0 Å². The fourth-order valence-electron chi connectivity index (χ4n) is 1.96. The average molecular weight is 315 g/mol. The minimum atomic E-state index is -3.59. The quantitative estimate of drug-likeness (QED) is 0.770. The number of benzene rings is 1. The van der Waals surface area contributed by atoms with Crippen molar-refractivity contribution in [1.29, 1.82) is 0 Å². The number of hydrazine groups is 1. The number of hydrogen-bond donors (Lipinski definition) is 2. The number of thiocarbonyl (C=S) groups is 1. The summed E-state index contributed by atoms with van der Waals surface area (Å²) in [7, 11) is -3.59. The van der Waals surface area contributed by atoms with Gasteiger partial charge in [-0.2, -0.15) is 0 Å². The van der Waals surface area contributed by atoms with Gasteiger partial charge in [0.15, 0.2) is 0 Å². The Kier molecular flexibility index (Phi) is 4.71. The van der Waals surface area contributed by atoms with Crippen LogP contribution < -0.4 is 10.6 Å². The number of rotatable bonds is 4. The molecule has 0 saturated carbocycles. The summed E-state index contributed by atoms with van der Waals surface area (Å²) in [4.78, 5) is 3.00. The van der Waals surface area contributed by atoms with Gasteiger partial charge in [0.25, 0.3) is 10.0 Å². The first-order valence-electron chi connectivity index (χ1n) is 6.16. The molecule has 1 aliphatic heterocycles. The van der Waals surface area contributed by atoms with E-state index < -0.39 is 10.0 Å². The zero-order valence-corrected chi connectivity index (χ0v) is 12.8. The third kappa shape index (κ3) is 3.53. The number of hydrogen-bond acceptors (Lipinski definition) is 5. The van der Waals surface area contributed by atoms with Crippen LogP contribution in [0.5, 0.6) is 0 Å². The molecule has 3 N–H and O–H groups in total. The molecule has 0 spiro atoms. The molecule has 6 nitrogen and oxygen atoms in total. The normalized spacial score (nSPS) is 17.1. The Bertz CT molecular complexity index is 610. The van der Waals surface area contributed by atoms with Crippen LogP contribution in [0, 0.1) is 6.92 Å². The van der Waals surface area contributed by atoms with E-state index in [1.165, 1.54) is 6.07 Å². The van der Waals surface area contributed by atoms with Crippen LogP contribution in [0.25, 0.3) is 0 Å². The van der Waals surface area contributed by atoms with Gasteiger partial charge in [-0.05, 0) is 24.6 Å². The summed E-state index contributed by atoms with van der Waals surface area (Å²) in [6.45, 7) is 3.87. The lowest BCUT2D eigenvalue weighted by Gasteiger charge is -2.26. The Morgan fingerprint density at radius 2 is 2.05 bits per heavy atom. The number of nitrogens with two attached hydrogens (primary N) is 1. The lowest BCUT2D eigenvalue weighted by Crippen LogP contribution is -2.48. The molecule has 1 heterocycles. The lowest BCUT2D eigenvalue weighted by molar-refractivity contribution is 0.0272. The Balaban J connectivity index is 2.20. The van der Waals surface area contributed by atoms with Crippen molar-refractivity contribution < 1.29 is 13.2 Å². The van der Waals surface area contributed by atoms with Crippen molar-refractivity contribution in [2.24, 2.45) is 5.73 Å². The molecule has 0 aliphatic carbocycles. The number of sulfonamides is 1. The van der Waals surface area contributed by atoms with Gasteiger partial charge in [0.1, 0.15) is 4.99 Å². The van der Waals surface area contributed by atoms with Gasteiger partial charge in [0, 0.05) is 18.7 Å². The van der Waals surface area contributed by atoms with Crippen molar-refractivity contribution in [2.45, 2.75) is 11.8 Å². The molecule has 0 amide bonds. The maximum Gasteiger partial charge on any atom is 0.253 e. The van der Waals surface area contributed by atoms with Gasteiger partial charge < -0.3 is 10.5 Å². The highest BCUT2D eigenvalue weighted by atomic mass is 32.2. The number of ether oxygens (including phenoxy) is 1. The van der Waals surface area contributed by atoms with Gasteiger partial charge in [-0.25, -0.2) is 13.4 Å². The molecule has 8 heteroatoms. The molecule has 1 aromatic rings. The number of aryl methyl sites for hydroxylation is 1. The number of nitrogens with zero attached hydrogens (tertiary/aromatic N) is 1. The average Bonchev–Trinajstić information content (AvgIpc) is 2.38. The Morgan fingerprint density at radius 3 is 2.60 bits per heavy atom. The molecule has 0 atom stereocenters. The molecule has 0 aromatic heterocycles. The van der Waals surface area contributed by atoms with Crippen LogP contribution in [0.2, 0.25) is 0 Å². The van der Waals surface area contributed by atoms with E-state index in [-0.39, 0.29) is 9.88 Å². The largest absolute Gasteiger partial charge is 0.389 e. The van der Waals surface area contributed by atoms with Gasteiger partial charge >= 0.3 is 0 Å². The first-order valence-corrected chi connectivity index (χ1v) is 8.05. The highest BCUT2D eigenvalue weighted by Crippen LogP contribution is 2.16. The maximum atomic E-state index is 12.3. The van der Waals surface area contributed by atoms with E-state index in [9.17, 15) is 8.42 Å². The van der Waals surface area contributed by atoms with E-state index in [0.717, 1.165) is 5.56 Å². The van der Waals surface area contributed by atoms with Crippen LogP contribution in [0.1, 0.15) is 11.1 Å². The Morgan fingerprint density at radius 1 is 1.40 bits per heavy atom. The molecule has 1 aromatic carbocycles. The predicted molar refractivity (Wildman–Crippen MR) is 79.8 cm³/mol. The zero-order valence-electron chi connectivity index (χ0n) is 11.1. The molecular formula is C12H17N3O3S2. The molecule has 0 bridgehead atoms. The van der Waals surface area contributed by atoms with Crippen molar-refractivity contribution >= 4 is 27.2 Å². The second-order valence-corrected chi connectivity index (χ2v) is 6.64. The summed E-state index contributed by atoms with van der Waals surface area (Å²) >= 11 is 4.91. The summed E-state index contributed by atoms with van der Waals surface area (Å²) in [5, 5.41) is 1.63. The second-order valence-electron chi connectivity index (χ2n) is 4.54. The van der Waals surface area contributed by atoms with E-state index >= 15 is 0 Å². The van der Waals surface area contributed by atoms with E-state index in [0.29, 0.717) is 31.9 Å². The van der Waals surface area contributed by atoms with E-state index in [1.807, 2.05) is 0 Å². The van der Waals surface area contributed by atoms with Crippen molar-refractivity contribution in [3.05, 3.63) is 29.3 Å². The fraction of sp³-hybridized carbons (Fsp3) is 0.417. The van der Waals surface area contributed by atoms with Gasteiger partial charge in [0.05, 0.1) is 18.1 Å². The number of morpholine rings is 1. The summed E-state index contributed by atoms with van der Waals surface area (Å²) < 4.78 is 29.7. The highest BCUT2D eigenvalue weighted by molar-refractivity contribution is 7.89. The summed E-state index contributed by atoms with van der Waals surface area (Å²) in [6.07, 6.45) is 0. The first-order chi connectivity index (χ1) is 9.40. The third-order valence-electron chi connectivity index (χ3n) is 3.03. The van der Waals surface area contributed by atoms with Crippen LogP contribution in [-0.2, 0) is 14.8 Å². The van der Waals surface area contributed by atoms with Gasteiger partial charge in [-0.15, -0.1) is 4.83 Å². The summed E-state index contributed by atoms with van der Waals surface area (Å²) in [6, 6.07) is 4.70. The smallest absolute Gasteiger partial charge is 0.253 e. The molecule has 20 heavy (non-hydrogen) atoms. The topological polar surface area (TPSA) is 84.7 Å². The summed E-state index contributed by atoms with van der Waals surface area (Å²) in [5.74, 6) is 0. The summed E-state index contributed by atoms with van der Waals surface area (Å²) in [5.41, 5.74) is 6.99. The minimum absolute atomic E-state index is 0.196. The number of nitrogens with one attached hydrogen (secondary N) is 1. The zero-order chi connectivity index (χ0) is 14.8. The molecule has 0 radical (unpaired) electrons. The molecule has 1 aliphatic rings. The molecule has 0 unspecified atom stereocenters. The van der Waals surface area contributed by atoms with Crippen molar-refractivity contribution in [3.8, 4) is 0 Å². The molecular weight excluding hydrogens is 298 g/mol. The van der Waals surface area contributed by atoms with Crippen LogP contribution in [0.15, 0.2) is 23.1 Å². The molecule has 1 fully saturated rings. The molecule has 1 saturated heterocycles. The SMILES string of the molecule is Cc1cc(S(=O)(=O)NN2CCOCC2)ccc1C(N)=S. The highest BCUT2D eigenvalue weighted by Gasteiger charge is 2.20. The minimum Gasteiger partial charge on any atom is -0.389 e. The lowest BCUT2D eigenvalue weighted by atomic mass is 10.1. The van der Waals surface area contributed by atoms with Crippen LogP contribution in [0.4, 0.5) is 0 Å². The predicted octanol–water partition coefficient (Wildman–Crippen LogP) is 0.155. The third-order valence-corrected chi connectivity index (χ3v) is 4.63. The van der Waals surface area contributed by atoms with Crippen molar-refractivity contribution in [3.63, 3.8) is 0 Å². The first kappa shape index (κ1) is 15.3. The Labute approximate surface area is 123 Å². The van der Waals surface area contributed by atoms with Crippen molar-refractivity contribution in [2.75, 3.05) is 26.3 Å². The maximum absolute atomic E-state index is 12.3. The molecule has 110 valence electrons. The van der Waals surface area contributed by atoms with Crippen molar-refractivity contribution in [1.82, 2.24) is 9.84 Å². The fourth-order valence-corrected chi connectivity index (χ4v) is 3.39. The van der Waals surface area contributed by atoms with Gasteiger partial charge in [-0.1, -0.05) is 18.3 Å². The monoisotopic (exact) mass is 315 g/mol. The van der Waals surface area contributed by atoms with Crippen LogP contribution >= 0.6 is 12.2 Å². The second kappa shape index (κ2) is 6.15. The molecule has 2 rings (SSSR count).